The maximum Gasteiger partial charge on any atom is 0.341 e. The highest BCUT2D eigenvalue weighted by Crippen LogP contribution is 2.28. The third-order valence-electron chi connectivity index (χ3n) is 2.79. The van der Waals surface area contributed by atoms with E-state index in [9.17, 15) is 9.18 Å². The van der Waals surface area contributed by atoms with Crippen LogP contribution in [0.2, 0.25) is 0 Å². The molecular formula is C15H13FO3. The molecule has 0 aliphatic heterocycles. The number of methoxy groups -OCH3 is 2. The van der Waals surface area contributed by atoms with Crippen LogP contribution in [-0.4, -0.2) is 20.2 Å². The predicted molar refractivity (Wildman–Crippen MR) is 69.7 cm³/mol. The Morgan fingerprint density at radius 3 is 2.47 bits per heavy atom. The molecule has 2 rings (SSSR count). The van der Waals surface area contributed by atoms with Gasteiger partial charge in [0.15, 0.2) is 0 Å². The molecule has 0 saturated heterocycles. The van der Waals surface area contributed by atoms with Crippen LogP contribution in [0.4, 0.5) is 4.39 Å². The van der Waals surface area contributed by atoms with Crippen molar-refractivity contribution in [2.24, 2.45) is 0 Å². The van der Waals surface area contributed by atoms with Crippen LogP contribution in [0.1, 0.15) is 10.4 Å². The molecular weight excluding hydrogens is 247 g/mol. The predicted octanol–water partition coefficient (Wildman–Crippen LogP) is 3.29. The fourth-order valence-electron chi connectivity index (χ4n) is 1.84. The minimum absolute atomic E-state index is 0.269. The van der Waals surface area contributed by atoms with Crippen molar-refractivity contribution in [2.75, 3.05) is 14.2 Å². The van der Waals surface area contributed by atoms with Crippen molar-refractivity contribution >= 4 is 5.97 Å². The summed E-state index contributed by atoms with van der Waals surface area (Å²) in [5.74, 6) is -0.467. The zero-order chi connectivity index (χ0) is 13.8. The van der Waals surface area contributed by atoms with Crippen LogP contribution in [0.5, 0.6) is 5.75 Å². The van der Waals surface area contributed by atoms with E-state index >= 15 is 0 Å². The summed E-state index contributed by atoms with van der Waals surface area (Å²) >= 11 is 0. The molecule has 0 atom stereocenters. The number of esters is 1. The van der Waals surface area contributed by atoms with Gasteiger partial charge in [-0.05, 0) is 23.8 Å². The summed E-state index contributed by atoms with van der Waals surface area (Å²) in [7, 11) is 2.75. The number of ether oxygens (including phenoxy) is 2. The number of rotatable bonds is 3. The lowest BCUT2D eigenvalue weighted by Gasteiger charge is -2.10. The van der Waals surface area contributed by atoms with Crippen LogP contribution in [0.15, 0.2) is 42.5 Å². The second kappa shape index (κ2) is 5.52. The minimum Gasteiger partial charge on any atom is -0.496 e. The molecule has 0 N–H and O–H groups in total. The van der Waals surface area contributed by atoms with Gasteiger partial charge in [0.2, 0.25) is 0 Å². The average Bonchev–Trinajstić information content (AvgIpc) is 2.46. The van der Waals surface area contributed by atoms with Crippen molar-refractivity contribution in [1.82, 2.24) is 0 Å². The fourth-order valence-corrected chi connectivity index (χ4v) is 1.84. The Balaban J connectivity index is 2.55. The summed E-state index contributed by atoms with van der Waals surface area (Å²) in [5.41, 5.74) is 1.29. The van der Waals surface area contributed by atoms with E-state index in [1.54, 1.807) is 36.4 Å². The number of halogens is 1. The van der Waals surface area contributed by atoms with E-state index in [1.807, 2.05) is 0 Å². The number of hydrogen-bond donors (Lipinski definition) is 0. The molecule has 0 radical (unpaired) electrons. The Morgan fingerprint density at radius 1 is 1.11 bits per heavy atom. The maximum absolute atomic E-state index is 13.7. The van der Waals surface area contributed by atoms with Gasteiger partial charge in [-0.1, -0.05) is 24.3 Å². The molecule has 0 bridgehead atoms. The standard InChI is InChI=1S/C15H13FO3/c1-18-14-8-7-10(9-12(14)15(17)19-2)11-5-3-4-6-13(11)16/h3-9H,1-2H3. The molecule has 0 amide bonds. The molecule has 2 aromatic carbocycles. The topological polar surface area (TPSA) is 35.5 Å². The quantitative estimate of drug-likeness (QED) is 0.794. The van der Waals surface area contributed by atoms with Gasteiger partial charge >= 0.3 is 5.97 Å². The van der Waals surface area contributed by atoms with Gasteiger partial charge in [0.05, 0.1) is 14.2 Å². The van der Waals surface area contributed by atoms with Crippen LogP contribution < -0.4 is 4.74 Å². The van der Waals surface area contributed by atoms with Gasteiger partial charge in [0.25, 0.3) is 0 Å². The number of carbonyl (C=O) groups is 1. The Hall–Kier alpha value is -2.36. The van der Waals surface area contributed by atoms with Gasteiger partial charge in [0.1, 0.15) is 17.1 Å². The molecule has 0 saturated carbocycles. The summed E-state index contributed by atoms with van der Waals surface area (Å²) < 4.78 is 23.5. The highest BCUT2D eigenvalue weighted by molar-refractivity contribution is 5.94. The lowest BCUT2D eigenvalue weighted by molar-refractivity contribution is 0.0597. The first-order valence-corrected chi connectivity index (χ1v) is 5.68. The SMILES string of the molecule is COC(=O)c1cc(-c2ccccc2F)ccc1OC. The smallest absolute Gasteiger partial charge is 0.341 e. The van der Waals surface area contributed by atoms with E-state index < -0.39 is 5.97 Å². The summed E-state index contributed by atoms with van der Waals surface area (Å²) in [6.45, 7) is 0. The van der Waals surface area contributed by atoms with Crippen molar-refractivity contribution in [3.63, 3.8) is 0 Å². The fraction of sp³-hybridized carbons (Fsp3) is 0.133. The van der Waals surface area contributed by atoms with Gasteiger partial charge in [-0.15, -0.1) is 0 Å². The first-order chi connectivity index (χ1) is 9.17. The largest absolute Gasteiger partial charge is 0.496 e. The zero-order valence-electron chi connectivity index (χ0n) is 10.6. The van der Waals surface area contributed by atoms with Crippen molar-refractivity contribution in [2.45, 2.75) is 0 Å². The lowest BCUT2D eigenvalue weighted by Crippen LogP contribution is -2.04. The van der Waals surface area contributed by atoms with E-state index in [-0.39, 0.29) is 11.4 Å². The molecule has 0 spiro atoms. The number of benzene rings is 2. The number of carbonyl (C=O) groups excluding carboxylic acids is 1. The van der Waals surface area contributed by atoms with Crippen LogP contribution in [0, 0.1) is 5.82 Å². The normalized spacial score (nSPS) is 10.1. The highest BCUT2D eigenvalue weighted by atomic mass is 19.1. The van der Waals surface area contributed by atoms with Crippen LogP contribution in [0.25, 0.3) is 11.1 Å². The molecule has 2 aromatic rings. The first kappa shape index (κ1) is 13.1. The highest BCUT2D eigenvalue weighted by Gasteiger charge is 2.15. The number of hydrogen-bond acceptors (Lipinski definition) is 3. The summed E-state index contributed by atoms with van der Waals surface area (Å²) in [4.78, 5) is 11.7. The maximum atomic E-state index is 13.7. The van der Waals surface area contributed by atoms with E-state index in [1.165, 1.54) is 20.3 Å². The molecule has 0 fully saturated rings. The van der Waals surface area contributed by atoms with Crippen LogP contribution >= 0.6 is 0 Å². The molecule has 0 heterocycles. The molecule has 0 aromatic heterocycles. The molecule has 19 heavy (non-hydrogen) atoms. The average molecular weight is 260 g/mol. The Labute approximate surface area is 110 Å². The molecule has 0 unspecified atom stereocenters. The monoisotopic (exact) mass is 260 g/mol. The molecule has 0 aliphatic carbocycles. The second-order valence-electron chi connectivity index (χ2n) is 3.89. The van der Waals surface area contributed by atoms with Crippen molar-refractivity contribution < 1.29 is 18.7 Å². The van der Waals surface area contributed by atoms with Crippen molar-refractivity contribution in [1.29, 1.82) is 0 Å². The van der Waals surface area contributed by atoms with Crippen LogP contribution in [-0.2, 0) is 4.74 Å². The van der Waals surface area contributed by atoms with Crippen molar-refractivity contribution in [3.05, 3.63) is 53.8 Å². The Morgan fingerprint density at radius 2 is 1.84 bits per heavy atom. The van der Waals surface area contributed by atoms with E-state index in [0.717, 1.165) is 0 Å². The molecule has 98 valence electrons. The first-order valence-electron chi connectivity index (χ1n) is 5.68. The van der Waals surface area contributed by atoms with Gasteiger partial charge in [-0.2, -0.15) is 0 Å². The summed E-state index contributed by atoms with van der Waals surface area (Å²) in [5, 5.41) is 0. The van der Waals surface area contributed by atoms with Gasteiger partial charge in [-0.25, -0.2) is 9.18 Å². The van der Waals surface area contributed by atoms with E-state index in [2.05, 4.69) is 4.74 Å². The molecule has 0 aliphatic rings. The van der Waals surface area contributed by atoms with Crippen molar-refractivity contribution in [3.8, 4) is 16.9 Å². The second-order valence-corrected chi connectivity index (χ2v) is 3.89. The van der Waals surface area contributed by atoms with Gasteiger partial charge in [0, 0.05) is 5.56 Å². The zero-order valence-corrected chi connectivity index (χ0v) is 10.6. The lowest BCUT2D eigenvalue weighted by atomic mass is 10.0. The van der Waals surface area contributed by atoms with Crippen LogP contribution in [0.3, 0.4) is 0 Å². The Kier molecular flexibility index (Phi) is 3.80. The Bertz CT molecular complexity index is 608. The van der Waals surface area contributed by atoms with E-state index in [4.69, 9.17) is 4.74 Å². The van der Waals surface area contributed by atoms with E-state index in [0.29, 0.717) is 16.9 Å². The molecule has 4 heteroatoms. The van der Waals surface area contributed by atoms with Gasteiger partial charge < -0.3 is 9.47 Å². The third kappa shape index (κ3) is 2.57. The summed E-state index contributed by atoms with van der Waals surface area (Å²) in [6.07, 6.45) is 0. The third-order valence-corrected chi connectivity index (χ3v) is 2.79. The molecule has 3 nitrogen and oxygen atoms in total. The van der Waals surface area contributed by atoms with Gasteiger partial charge in [-0.3, -0.25) is 0 Å². The minimum atomic E-state index is -0.518. The summed E-state index contributed by atoms with van der Waals surface area (Å²) in [6, 6.07) is 11.3.